The molecule has 0 bridgehead atoms. The Morgan fingerprint density at radius 1 is 1.10 bits per heavy atom. The number of ether oxygens (including phenoxy) is 1. The summed E-state index contributed by atoms with van der Waals surface area (Å²) in [4.78, 5) is 26.7. The second-order valence-corrected chi connectivity index (χ2v) is 9.64. The van der Waals surface area contributed by atoms with Crippen molar-refractivity contribution in [2.24, 2.45) is 0 Å². The number of carbonyl (C=O) groups excluding carboxylic acids is 2. The predicted molar refractivity (Wildman–Crippen MR) is 125 cm³/mol. The fourth-order valence-corrected chi connectivity index (χ4v) is 5.26. The van der Waals surface area contributed by atoms with E-state index in [1.807, 2.05) is 17.0 Å². The lowest BCUT2D eigenvalue weighted by atomic mass is 9.73. The van der Waals surface area contributed by atoms with Gasteiger partial charge in [0.05, 0.1) is 6.54 Å². The summed E-state index contributed by atoms with van der Waals surface area (Å²) in [6.45, 7) is 2.78. The van der Waals surface area contributed by atoms with Gasteiger partial charge in [-0.1, -0.05) is 45.8 Å². The lowest BCUT2D eigenvalue weighted by molar-refractivity contribution is -0.132. The highest BCUT2D eigenvalue weighted by atomic mass is 79.9. The molecule has 1 heterocycles. The molecule has 1 spiro atoms. The van der Waals surface area contributed by atoms with Crippen LogP contribution in [0.25, 0.3) is 0 Å². The quantitative estimate of drug-likeness (QED) is 0.563. The molecule has 1 N–H and O–H groups in total. The molecule has 5 nitrogen and oxygen atoms in total. The Hall–Kier alpha value is -2.34. The minimum atomic E-state index is -0.494. The zero-order chi connectivity index (χ0) is 21.8. The van der Waals surface area contributed by atoms with Gasteiger partial charge in [-0.3, -0.25) is 10.1 Å². The van der Waals surface area contributed by atoms with Gasteiger partial charge in [0.2, 0.25) is 5.91 Å². The summed E-state index contributed by atoms with van der Waals surface area (Å²) in [5.41, 5.74) is 3.30. The van der Waals surface area contributed by atoms with Gasteiger partial charge >= 0.3 is 6.09 Å². The molecular weight excluding hydrogens is 456 g/mol. The summed E-state index contributed by atoms with van der Waals surface area (Å²) < 4.78 is 6.31. The van der Waals surface area contributed by atoms with Crippen molar-refractivity contribution in [2.75, 3.05) is 18.5 Å². The first-order chi connectivity index (χ1) is 14.9. The molecule has 2 aromatic carbocycles. The zero-order valence-corrected chi connectivity index (χ0v) is 19.5. The molecule has 1 saturated carbocycles. The van der Waals surface area contributed by atoms with E-state index in [0.29, 0.717) is 24.6 Å². The number of halogens is 1. The normalized spacial score (nSPS) is 23.2. The number of nitrogens with one attached hydrogen (secondary N) is 1. The first kappa shape index (κ1) is 21.9. The Labute approximate surface area is 192 Å². The standard InChI is InChI=1S/C25H29BrN2O3/c1-18-2-4-19(5-3-18)20-10-13-25(14-11-20)15-12-23(29)28(25)16-17-31-24(30)27-22-8-6-21(26)7-9-22/h2-9,20H,10-17H2,1H3,(H,27,30). The van der Waals surface area contributed by atoms with Gasteiger partial charge in [-0.05, 0) is 74.8 Å². The van der Waals surface area contributed by atoms with Crippen molar-refractivity contribution in [1.29, 1.82) is 0 Å². The van der Waals surface area contributed by atoms with Crippen molar-refractivity contribution in [3.8, 4) is 0 Å². The van der Waals surface area contributed by atoms with Crippen LogP contribution >= 0.6 is 15.9 Å². The molecule has 6 heteroatoms. The molecule has 0 unspecified atom stereocenters. The second kappa shape index (κ2) is 9.43. The van der Waals surface area contributed by atoms with E-state index in [1.165, 1.54) is 11.1 Å². The van der Waals surface area contributed by atoms with Crippen LogP contribution in [0.3, 0.4) is 0 Å². The number of likely N-dealkylation sites (tertiary alicyclic amines) is 1. The van der Waals surface area contributed by atoms with E-state index >= 15 is 0 Å². The molecular formula is C25H29BrN2O3. The summed E-state index contributed by atoms with van der Waals surface area (Å²) in [6.07, 6.45) is 5.24. The third-order valence-electron chi connectivity index (χ3n) is 6.78. The van der Waals surface area contributed by atoms with E-state index < -0.39 is 6.09 Å². The number of amides is 2. The Morgan fingerprint density at radius 2 is 1.77 bits per heavy atom. The zero-order valence-electron chi connectivity index (χ0n) is 17.9. The van der Waals surface area contributed by atoms with Crippen LogP contribution in [0.4, 0.5) is 10.5 Å². The van der Waals surface area contributed by atoms with Crippen molar-refractivity contribution < 1.29 is 14.3 Å². The third-order valence-corrected chi connectivity index (χ3v) is 7.31. The highest BCUT2D eigenvalue weighted by molar-refractivity contribution is 9.10. The van der Waals surface area contributed by atoms with Crippen molar-refractivity contribution in [2.45, 2.75) is 56.9 Å². The Bertz CT molecular complexity index is 919. The van der Waals surface area contributed by atoms with Crippen molar-refractivity contribution >= 4 is 33.6 Å². The molecule has 0 atom stereocenters. The molecule has 31 heavy (non-hydrogen) atoms. The number of hydrogen-bond acceptors (Lipinski definition) is 3. The molecule has 2 aromatic rings. The van der Waals surface area contributed by atoms with Crippen LogP contribution in [-0.2, 0) is 9.53 Å². The predicted octanol–water partition coefficient (Wildman–Crippen LogP) is 6.03. The summed E-state index contributed by atoms with van der Waals surface area (Å²) in [7, 11) is 0. The number of benzene rings is 2. The fraction of sp³-hybridized carbons (Fsp3) is 0.440. The van der Waals surface area contributed by atoms with Crippen molar-refractivity contribution in [1.82, 2.24) is 4.90 Å². The van der Waals surface area contributed by atoms with Crippen LogP contribution in [0.15, 0.2) is 53.0 Å². The smallest absolute Gasteiger partial charge is 0.411 e. The molecule has 4 rings (SSSR count). The lowest BCUT2D eigenvalue weighted by Gasteiger charge is -2.44. The van der Waals surface area contributed by atoms with Crippen molar-refractivity contribution in [3.05, 3.63) is 64.1 Å². The first-order valence-electron chi connectivity index (χ1n) is 11.0. The number of anilines is 1. The Balaban J connectivity index is 1.29. The number of nitrogens with zero attached hydrogens (tertiary/aromatic N) is 1. The first-order valence-corrected chi connectivity index (χ1v) is 11.8. The summed E-state index contributed by atoms with van der Waals surface area (Å²) in [5.74, 6) is 0.752. The highest BCUT2D eigenvalue weighted by Crippen LogP contribution is 2.46. The summed E-state index contributed by atoms with van der Waals surface area (Å²) in [5, 5.41) is 2.72. The van der Waals surface area contributed by atoms with E-state index in [-0.39, 0.29) is 18.1 Å². The van der Waals surface area contributed by atoms with E-state index in [0.717, 1.165) is 36.6 Å². The van der Waals surface area contributed by atoms with Crippen molar-refractivity contribution in [3.63, 3.8) is 0 Å². The maximum Gasteiger partial charge on any atom is 0.411 e. The molecule has 2 fully saturated rings. The van der Waals surface area contributed by atoms with Crippen LogP contribution in [0.2, 0.25) is 0 Å². The molecule has 0 radical (unpaired) electrons. The van der Waals surface area contributed by atoms with Crippen LogP contribution in [-0.4, -0.2) is 35.6 Å². The maximum absolute atomic E-state index is 12.6. The lowest BCUT2D eigenvalue weighted by Crippen LogP contribution is -2.49. The Kier molecular flexibility index (Phi) is 6.65. The summed E-state index contributed by atoms with van der Waals surface area (Å²) >= 11 is 3.37. The number of carbonyl (C=O) groups is 2. The van der Waals surface area contributed by atoms with Gasteiger partial charge in [-0.25, -0.2) is 4.79 Å². The molecule has 2 amide bonds. The highest BCUT2D eigenvalue weighted by Gasteiger charge is 2.46. The van der Waals surface area contributed by atoms with Gasteiger partial charge < -0.3 is 9.64 Å². The van der Waals surface area contributed by atoms with Crippen LogP contribution < -0.4 is 5.32 Å². The van der Waals surface area contributed by atoms with Gasteiger partial charge in [0, 0.05) is 22.1 Å². The summed E-state index contributed by atoms with van der Waals surface area (Å²) in [6, 6.07) is 16.2. The maximum atomic E-state index is 12.6. The van der Waals surface area contributed by atoms with E-state index in [1.54, 1.807) is 12.1 Å². The largest absolute Gasteiger partial charge is 0.447 e. The van der Waals surface area contributed by atoms with E-state index in [2.05, 4.69) is 52.4 Å². The molecule has 1 saturated heterocycles. The number of aryl methyl sites for hydroxylation is 1. The fourth-order valence-electron chi connectivity index (χ4n) is 5.00. The average molecular weight is 485 g/mol. The van der Waals surface area contributed by atoms with Crippen LogP contribution in [0.5, 0.6) is 0 Å². The van der Waals surface area contributed by atoms with Gasteiger partial charge in [0.25, 0.3) is 0 Å². The molecule has 2 aliphatic rings. The Morgan fingerprint density at radius 3 is 2.45 bits per heavy atom. The average Bonchev–Trinajstić information content (AvgIpc) is 3.06. The van der Waals surface area contributed by atoms with Gasteiger partial charge in [0.1, 0.15) is 6.61 Å². The minimum Gasteiger partial charge on any atom is -0.447 e. The molecule has 164 valence electrons. The third kappa shape index (κ3) is 5.12. The molecule has 1 aliphatic carbocycles. The van der Waals surface area contributed by atoms with Crippen LogP contribution in [0, 0.1) is 6.92 Å². The van der Waals surface area contributed by atoms with Gasteiger partial charge in [-0.2, -0.15) is 0 Å². The number of hydrogen-bond donors (Lipinski definition) is 1. The molecule has 0 aromatic heterocycles. The topological polar surface area (TPSA) is 58.6 Å². The van der Waals surface area contributed by atoms with Gasteiger partial charge in [0.15, 0.2) is 0 Å². The van der Waals surface area contributed by atoms with Gasteiger partial charge in [-0.15, -0.1) is 0 Å². The second-order valence-electron chi connectivity index (χ2n) is 8.72. The van der Waals surface area contributed by atoms with E-state index in [4.69, 9.17) is 4.74 Å². The molecule has 1 aliphatic heterocycles. The van der Waals surface area contributed by atoms with Crippen LogP contribution in [0.1, 0.15) is 55.6 Å². The SMILES string of the molecule is Cc1ccc(C2CCC3(CCC(=O)N3CCOC(=O)Nc3ccc(Br)cc3)CC2)cc1. The minimum absolute atomic E-state index is 0.0657. The monoisotopic (exact) mass is 484 g/mol. The van der Waals surface area contributed by atoms with E-state index in [9.17, 15) is 9.59 Å². The number of rotatable bonds is 5.